The van der Waals surface area contributed by atoms with Crippen LogP contribution in [0.2, 0.25) is 0 Å². The molecule has 2 nitrogen and oxygen atoms in total. The number of thioether (sulfide) groups is 1. The van der Waals surface area contributed by atoms with E-state index in [1.807, 2.05) is 12.1 Å². The van der Waals surface area contributed by atoms with Crippen LogP contribution in [-0.2, 0) is 6.42 Å². The van der Waals surface area contributed by atoms with Crippen molar-refractivity contribution in [1.29, 1.82) is 0 Å². The summed E-state index contributed by atoms with van der Waals surface area (Å²) < 4.78 is 0. The second-order valence-electron chi connectivity index (χ2n) is 4.83. The van der Waals surface area contributed by atoms with Crippen molar-refractivity contribution in [2.75, 3.05) is 24.6 Å². The summed E-state index contributed by atoms with van der Waals surface area (Å²) in [5, 5.41) is 0.927. The first kappa shape index (κ1) is 10.5. The SMILES string of the molecule is Nc1ccc(CCN2CC3CC2CS3)cc1. The number of rotatable bonds is 3. The Bertz CT molecular complexity index is 363. The number of hydrogen-bond acceptors (Lipinski definition) is 3. The van der Waals surface area contributed by atoms with E-state index in [1.165, 1.54) is 30.8 Å². The van der Waals surface area contributed by atoms with Crippen LogP contribution in [0.4, 0.5) is 5.69 Å². The summed E-state index contributed by atoms with van der Waals surface area (Å²) in [6, 6.07) is 9.17. The summed E-state index contributed by atoms with van der Waals surface area (Å²) in [6.45, 7) is 2.52. The first-order valence-corrected chi connectivity index (χ1v) is 7.06. The third-order valence-electron chi connectivity index (χ3n) is 3.68. The molecule has 0 aliphatic carbocycles. The highest BCUT2D eigenvalue weighted by Gasteiger charge is 2.37. The minimum Gasteiger partial charge on any atom is -0.399 e. The van der Waals surface area contributed by atoms with Gasteiger partial charge in [-0.2, -0.15) is 11.8 Å². The molecular formula is C13H18N2S. The molecule has 2 aliphatic heterocycles. The average Bonchev–Trinajstić information content (AvgIpc) is 2.90. The summed E-state index contributed by atoms with van der Waals surface area (Å²) in [5.41, 5.74) is 7.95. The van der Waals surface area contributed by atoms with Crippen LogP contribution in [-0.4, -0.2) is 35.0 Å². The molecule has 0 saturated carbocycles. The van der Waals surface area contributed by atoms with Crippen LogP contribution in [0.15, 0.2) is 24.3 Å². The molecule has 2 fully saturated rings. The molecule has 16 heavy (non-hydrogen) atoms. The number of likely N-dealkylation sites (tertiary alicyclic amines) is 1. The molecule has 2 aliphatic rings. The van der Waals surface area contributed by atoms with Crippen LogP contribution in [0.3, 0.4) is 0 Å². The zero-order valence-electron chi connectivity index (χ0n) is 9.43. The van der Waals surface area contributed by atoms with Gasteiger partial charge in [0.2, 0.25) is 0 Å². The van der Waals surface area contributed by atoms with Crippen molar-refractivity contribution in [1.82, 2.24) is 4.90 Å². The zero-order valence-corrected chi connectivity index (χ0v) is 10.2. The largest absolute Gasteiger partial charge is 0.399 e. The molecule has 0 aromatic heterocycles. The summed E-state index contributed by atoms with van der Waals surface area (Å²) in [4.78, 5) is 2.66. The second kappa shape index (κ2) is 4.30. The van der Waals surface area contributed by atoms with Crippen LogP contribution >= 0.6 is 11.8 Å². The highest BCUT2D eigenvalue weighted by molar-refractivity contribution is 8.00. The number of benzene rings is 1. The van der Waals surface area contributed by atoms with E-state index in [9.17, 15) is 0 Å². The van der Waals surface area contributed by atoms with Crippen molar-refractivity contribution in [3.8, 4) is 0 Å². The van der Waals surface area contributed by atoms with Gasteiger partial charge in [-0.15, -0.1) is 0 Å². The molecule has 2 unspecified atom stereocenters. The molecule has 0 amide bonds. The molecule has 2 saturated heterocycles. The fourth-order valence-corrected chi connectivity index (χ4v) is 4.21. The van der Waals surface area contributed by atoms with Crippen LogP contribution in [0.25, 0.3) is 0 Å². The van der Waals surface area contributed by atoms with Crippen molar-refractivity contribution in [3.63, 3.8) is 0 Å². The minimum absolute atomic E-state index is 0.861. The molecule has 2 N–H and O–H groups in total. The Morgan fingerprint density at radius 3 is 2.75 bits per heavy atom. The van der Waals surface area contributed by atoms with Gasteiger partial charge in [0, 0.05) is 35.8 Å². The Morgan fingerprint density at radius 2 is 2.12 bits per heavy atom. The number of nitrogen functional groups attached to an aromatic ring is 1. The lowest BCUT2D eigenvalue weighted by molar-refractivity contribution is 0.273. The quantitative estimate of drug-likeness (QED) is 0.811. The van der Waals surface area contributed by atoms with E-state index in [0.29, 0.717) is 0 Å². The van der Waals surface area contributed by atoms with E-state index in [4.69, 9.17) is 5.73 Å². The van der Waals surface area contributed by atoms with Crippen LogP contribution < -0.4 is 5.73 Å². The molecule has 2 heterocycles. The van der Waals surface area contributed by atoms with E-state index in [0.717, 1.165) is 23.4 Å². The van der Waals surface area contributed by atoms with Gasteiger partial charge in [0.15, 0.2) is 0 Å². The monoisotopic (exact) mass is 234 g/mol. The van der Waals surface area contributed by atoms with Gasteiger partial charge in [-0.3, -0.25) is 4.90 Å². The number of fused-ring (bicyclic) bond motifs is 2. The summed E-state index contributed by atoms with van der Waals surface area (Å²) in [5.74, 6) is 1.35. The maximum Gasteiger partial charge on any atom is 0.0314 e. The lowest BCUT2D eigenvalue weighted by atomic mass is 10.1. The third-order valence-corrected chi connectivity index (χ3v) is 5.07. The zero-order chi connectivity index (χ0) is 11.0. The Kier molecular flexibility index (Phi) is 2.82. The number of nitrogens with two attached hydrogens (primary N) is 1. The highest BCUT2D eigenvalue weighted by Crippen LogP contribution is 2.37. The summed E-state index contributed by atoms with van der Waals surface area (Å²) >= 11 is 2.16. The predicted octanol–water partition coefficient (Wildman–Crippen LogP) is 2.00. The minimum atomic E-state index is 0.861. The number of anilines is 1. The van der Waals surface area contributed by atoms with Gasteiger partial charge >= 0.3 is 0 Å². The molecule has 0 spiro atoms. The van der Waals surface area contributed by atoms with E-state index < -0.39 is 0 Å². The predicted molar refractivity (Wildman–Crippen MR) is 70.8 cm³/mol. The first-order chi connectivity index (χ1) is 7.81. The molecule has 0 radical (unpaired) electrons. The number of nitrogens with zero attached hydrogens (tertiary/aromatic N) is 1. The molecule has 2 bridgehead atoms. The third kappa shape index (κ3) is 2.06. The van der Waals surface area contributed by atoms with Crippen molar-refractivity contribution in [2.45, 2.75) is 24.1 Å². The van der Waals surface area contributed by atoms with Crippen molar-refractivity contribution < 1.29 is 0 Å². The Labute approximate surface area is 101 Å². The van der Waals surface area contributed by atoms with Crippen molar-refractivity contribution >= 4 is 17.4 Å². The fourth-order valence-electron chi connectivity index (χ4n) is 2.71. The van der Waals surface area contributed by atoms with E-state index >= 15 is 0 Å². The van der Waals surface area contributed by atoms with Crippen molar-refractivity contribution in [2.24, 2.45) is 0 Å². The lowest BCUT2D eigenvalue weighted by Gasteiger charge is -2.26. The van der Waals surface area contributed by atoms with Gasteiger partial charge in [-0.1, -0.05) is 12.1 Å². The number of hydrogen-bond donors (Lipinski definition) is 1. The van der Waals surface area contributed by atoms with Gasteiger partial charge in [0.05, 0.1) is 0 Å². The molecule has 86 valence electrons. The maximum atomic E-state index is 5.68. The standard InChI is InChI=1S/C13H18N2S/c14-11-3-1-10(2-4-11)5-6-15-8-13-7-12(15)9-16-13/h1-4,12-13H,5-9,14H2. The van der Waals surface area contributed by atoms with Gasteiger partial charge < -0.3 is 5.73 Å². The average molecular weight is 234 g/mol. The molecule has 1 aromatic rings. The van der Waals surface area contributed by atoms with Crippen LogP contribution in [0.1, 0.15) is 12.0 Å². The van der Waals surface area contributed by atoms with E-state index in [-0.39, 0.29) is 0 Å². The normalized spacial score (nSPS) is 28.8. The van der Waals surface area contributed by atoms with Gasteiger partial charge in [-0.25, -0.2) is 0 Å². The Morgan fingerprint density at radius 1 is 1.31 bits per heavy atom. The van der Waals surface area contributed by atoms with Gasteiger partial charge in [0.25, 0.3) is 0 Å². The second-order valence-corrected chi connectivity index (χ2v) is 6.16. The first-order valence-electron chi connectivity index (χ1n) is 6.01. The van der Waals surface area contributed by atoms with Gasteiger partial charge in [-0.05, 0) is 30.5 Å². The topological polar surface area (TPSA) is 29.3 Å². The van der Waals surface area contributed by atoms with Crippen LogP contribution in [0.5, 0.6) is 0 Å². The molecule has 3 heteroatoms. The summed E-state index contributed by atoms with van der Waals surface area (Å²) in [7, 11) is 0. The molecule has 1 aromatic carbocycles. The molecular weight excluding hydrogens is 216 g/mol. The molecule has 3 rings (SSSR count). The maximum absolute atomic E-state index is 5.68. The van der Waals surface area contributed by atoms with Gasteiger partial charge in [0.1, 0.15) is 0 Å². The Balaban J connectivity index is 1.55. The fraction of sp³-hybridized carbons (Fsp3) is 0.538. The summed E-state index contributed by atoms with van der Waals surface area (Å²) in [6.07, 6.45) is 2.58. The lowest BCUT2D eigenvalue weighted by Crippen LogP contribution is -2.35. The smallest absolute Gasteiger partial charge is 0.0314 e. The highest BCUT2D eigenvalue weighted by atomic mass is 32.2. The Hall–Kier alpha value is -0.670. The van der Waals surface area contributed by atoms with Crippen LogP contribution in [0, 0.1) is 0 Å². The van der Waals surface area contributed by atoms with E-state index in [1.54, 1.807) is 0 Å². The molecule has 2 atom stereocenters. The van der Waals surface area contributed by atoms with E-state index in [2.05, 4.69) is 28.8 Å². The van der Waals surface area contributed by atoms with Crippen molar-refractivity contribution in [3.05, 3.63) is 29.8 Å².